The first-order valence-electron chi connectivity index (χ1n) is 13.6. The van der Waals surface area contributed by atoms with Crippen LogP contribution in [0, 0.1) is 13.8 Å². The van der Waals surface area contributed by atoms with Gasteiger partial charge in [-0.05, 0) is 65.5 Å². The number of carbonyl (C=O) groups is 3. The number of nitrogens with zero attached hydrogens (tertiary/aromatic N) is 1. The van der Waals surface area contributed by atoms with Gasteiger partial charge in [0.25, 0.3) is 0 Å². The van der Waals surface area contributed by atoms with E-state index in [4.69, 9.17) is 4.74 Å². The lowest BCUT2D eigenvalue weighted by atomic mass is 9.95. The molecule has 1 rings (SSSR count). The van der Waals surface area contributed by atoms with Crippen LogP contribution < -0.4 is 10.6 Å². The molecule has 2 N–H and O–H groups in total. The first-order valence-corrected chi connectivity index (χ1v) is 14.3. The zero-order valence-corrected chi connectivity index (χ0v) is 25.0. The zero-order chi connectivity index (χ0) is 28.2. The number of alkyl carbamates (subject to hydrolysis) is 1. The summed E-state index contributed by atoms with van der Waals surface area (Å²) in [6.45, 7) is 15.8. The van der Waals surface area contributed by atoms with Crippen LogP contribution in [0.25, 0.3) is 0 Å². The Hall–Kier alpha value is -2.22. The van der Waals surface area contributed by atoms with E-state index in [1.807, 2.05) is 39.0 Å². The lowest BCUT2D eigenvalue weighted by molar-refractivity contribution is -0.142. The number of hydrogen-bond donors (Lipinski definition) is 3. The van der Waals surface area contributed by atoms with Gasteiger partial charge in [0.05, 0.1) is 0 Å². The fourth-order valence-corrected chi connectivity index (χ4v) is 4.49. The van der Waals surface area contributed by atoms with Crippen LogP contribution in [0.4, 0.5) is 4.79 Å². The fourth-order valence-electron chi connectivity index (χ4n) is 4.24. The Bertz CT molecular complexity index is 884. The van der Waals surface area contributed by atoms with E-state index in [0.29, 0.717) is 6.54 Å². The Kier molecular flexibility index (Phi) is 14.1. The lowest BCUT2D eigenvalue weighted by Gasteiger charge is -2.35. The normalized spacial score (nSPS) is 13.9. The highest BCUT2D eigenvalue weighted by Crippen LogP contribution is 2.28. The van der Waals surface area contributed by atoms with Crippen molar-refractivity contribution in [3.63, 3.8) is 0 Å². The van der Waals surface area contributed by atoms with Crippen molar-refractivity contribution < 1.29 is 19.1 Å². The molecule has 8 heteroatoms. The minimum absolute atomic E-state index is 0.0253. The van der Waals surface area contributed by atoms with Gasteiger partial charge in [-0.1, -0.05) is 63.3 Å². The predicted octanol–water partition coefficient (Wildman–Crippen LogP) is 5.88. The SMILES string of the molecule is CCCCCCN(C(=O)C(CS)NC(=O)OC(C)(C)C)C(C(=O)NC(C)CCC)c1cc(C)ccc1C. The third-order valence-electron chi connectivity index (χ3n) is 6.11. The predicted molar refractivity (Wildman–Crippen MR) is 154 cm³/mol. The van der Waals surface area contributed by atoms with Gasteiger partial charge in [-0.2, -0.15) is 12.6 Å². The number of carbonyl (C=O) groups excluding carboxylic acids is 3. The molecule has 0 aliphatic rings. The number of unbranched alkanes of at least 4 members (excludes halogenated alkanes) is 3. The van der Waals surface area contributed by atoms with Gasteiger partial charge < -0.3 is 20.3 Å². The molecule has 0 saturated heterocycles. The Morgan fingerprint density at radius 2 is 1.70 bits per heavy atom. The molecular weight excluding hydrogens is 486 g/mol. The molecule has 0 radical (unpaired) electrons. The van der Waals surface area contributed by atoms with Crippen LogP contribution in [0.3, 0.4) is 0 Å². The summed E-state index contributed by atoms with van der Waals surface area (Å²) < 4.78 is 5.39. The second-order valence-electron chi connectivity index (χ2n) is 10.9. The molecular formula is C29H49N3O4S. The van der Waals surface area contributed by atoms with Gasteiger partial charge in [0.1, 0.15) is 17.7 Å². The number of benzene rings is 1. The van der Waals surface area contributed by atoms with Crippen LogP contribution in [0.15, 0.2) is 18.2 Å². The molecule has 0 spiro atoms. The van der Waals surface area contributed by atoms with Crippen LogP contribution in [-0.4, -0.2) is 52.8 Å². The van der Waals surface area contributed by atoms with Crippen molar-refractivity contribution in [2.45, 2.75) is 118 Å². The van der Waals surface area contributed by atoms with Crippen molar-refractivity contribution in [2.24, 2.45) is 0 Å². The fraction of sp³-hybridized carbons (Fsp3) is 0.690. The smallest absolute Gasteiger partial charge is 0.408 e. The van der Waals surface area contributed by atoms with E-state index in [-0.39, 0.29) is 23.6 Å². The number of rotatable bonds is 14. The molecule has 0 aliphatic carbocycles. The maximum atomic E-state index is 14.0. The van der Waals surface area contributed by atoms with Crippen molar-refractivity contribution in [1.29, 1.82) is 0 Å². The molecule has 0 saturated carbocycles. The topological polar surface area (TPSA) is 87.7 Å². The summed E-state index contributed by atoms with van der Waals surface area (Å²) in [5, 5.41) is 5.80. The molecule has 0 bridgehead atoms. The zero-order valence-electron chi connectivity index (χ0n) is 24.1. The molecule has 7 nitrogen and oxygen atoms in total. The van der Waals surface area contributed by atoms with Gasteiger partial charge in [-0.3, -0.25) is 9.59 Å². The molecule has 210 valence electrons. The van der Waals surface area contributed by atoms with Gasteiger partial charge in [0.2, 0.25) is 11.8 Å². The molecule has 3 amide bonds. The van der Waals surface area contributed by atoms with Gasteiger partial charge >= 0.3 is 6.09 Å². The first kappa shape index (κ1) is 32.8. The summed E-state index contributed by atoms with van der Waals surface area (Å²) in [4.78, 5) is 42.0. The summed E-state index contributed by atoms with van der Waals surface area (Å²) in [6.07, 6.45) is 4.90. The molecule has 37 heavy (non-hydrogen) atoms. The standard InChI is InChI=1S/C29H49N3O4S/c1-9-11-12-13-17-32(27(34)24(19-37)31-28(35)36-29(6,7)8)25(26(33)30-22(5)14-10-2)23-18-20(3)15-16-21(23)4/h15-16,18,22,24-25,37H,9-14,17,19H2,1-8H3,(H,30,33)(H,31,35). The number of hydrogen-bond acceptors (Lipinski definition) is 5. The number of aryl methyl sites for hydroxylation is 2. The molecule has 3 atom stereocenters. The van der Waals surface area contributed by atoms with Crippen LogP contribution in [0.1, 0.15) is 103 Å². The summed E-state index contributed by atoms with van der Waals surface area (Å²) in [5.41, 5.74) is 2.03. The second-order valence-corrected chi connectivity index (χ2v) is 11.3. The van der Waals surface area contributed by atoms with Crippen molar-refractivity contribution >= 4 is 30.5 Å². The van der Waals surface area contributed by atoms with Crippen molar-refractivity contribution in [1.82, 2.24) is 15.5 Å². The highest BCUT2D eigenvalue weighted by molar-refractivity contribution is 7.80. The molecule has 0 aromatic heterocycles. The van der Waals surface area contributed by atoms with Gasteiger partial charge in [-0.15, -0.1) is 0 Å². The quantitative estimate of drug-likeness (QED) is 0.205. The summed E-state index contributed by atoms with van der Waals surface area (Å²) in [6, 6.07) is 4.18. The Labute approximate surface area is 229 Å². The van der Waals surface area contributed by atoms with E-state index in [1.165, 1.54) is 0 Å². The van der Waals surface area contributed by atoms with Crippen molar-refractivity contribution in [3.8, 4) is 0 Å². The van der Waals surface area contributed by atoms with E-state index in [2.05, 4.69) is 37.1 Å². The molecule has 0 heterocycles. The number of ether oxygens (including phenoxy) is 1. The third kappa shape index (κ3) is 11.4. The summed E-state index contributed by atoms with van der Waals surface area (Å²) in [7, 11) is 0. The largest absolute Gasteiger partial charge is 0.444 e. The molecule has 0 aliphatic heterocycles. The Morgan fingerprint density at radius 1 is 1.03 bits per heavy atom. The van der Waals surface area contributed by atoms with Crippen LogP contribution >= 0.6 is 12.6 Å². The van der Waals surface area contributed by atoms with Crippen LogP contribution in [0.5, 0.6) is 0 Å². The van der Waals surface area contributed by atoms with Crippen molar-refractivity contribution in [2.75, 3.05) is 12.3 Å². The number of thiol groups is 1. The third-order valence-corrected chi connectivity index (χ3v) is 6.47. The van der Waals surface area contributed by atoms with E-state index in [9.17, 15) is 14.4 Å². The highest BCUT2D eigenvalue weighted by Gasteiger charge is 2.36. The molecule has 0 fully saturated rings. The van der Waals surface area contributed by atoms with Crippen molar-refractivity contribution in [3.05, 3.63) is 34.9 Å². The molecule has 1 aromatic carbocycles. The van der Waals surface area contributed by atoms with E-state index < -0.39 is 23.8 Å². The lowest BCUT2D eigenvalue weighted by Crippen LogP contribution is -2.54. The highest BCUT2D eigenvalue weighted by atomic mass is 32.1. The van der Waals surface area contributed by atoms with E-state index >= 15 is 0 Å². The molecule has 1 aromatic rings. The number of amides is 3. The minimum Gasteiger partial charge on any atom is -0.444 e. The van der Waals surface area contributed by atoms with E-state index in [1.54, 1.807) is 25.7 Å². The van der Waals surface area contributed by atoms with E-state index in [0.717, 1.165) is 55.2 Å². The van der Waals surface area contributed by atoms with Crippen LogP contribution in [-0.2, 0) is 14.3 Å². The summed E-state index contributed by atoms with van der Waals surface area (Å²) in [5.74, 6) is -0.480. The van der Waals surface area contributed by atoms with Gasteiger partial charge in [0, 0.05) is 18.3 Å². The van der Waals surface area contributed by atoms with Gasteiger partial charge in [-0.25, -0.2) is 4.79 Å². The average Bonchev–Trinajstić information content (AvgIpc) is 2.79. The second kappa shape index (κ2) is 15.9. The maximum Gasteiger partial charge on any atom is 0.408 e. The Balaban J connectivity index is 3.48. The van der Waals surface area contributed by atoms with Crippen LogP contribution in [0.2, 0.25) is 0 Å². The van der Waals surface area contributed by atoms with Gasteiger partial charge in [0.15, 0.2) is 0 Å². The minimum atomic E-state index is -0.933. The molecule has 3 unspecified atom stereocenters. The maximum absolute atomic E-state index is 14.0. The Morgan fingerprint density at radius 3 is 2.27 bits per heavy atom. The average molecular weight is 536 g/mol. The number of nitrogens with one attached hydrogen (secondary N) is 2. The summed E-state index contributed by atoms with van der Waals surface area (Å²) >= 11 is 4.37. The monoisotopic (exact) mass is 535 g/mol. The first-order chi connectivity index (χ1) is 17.3.